The number of nitrogens with zero attached hydrogens (tertiary/aromatic N) is 1. The van der Waals surface area contributed by atoms with Crippen LogP contribution in [0.2, 0.25) is 5.02 Å². The van der Waals surface area contributed by atoms with Gasteiger partial charge < -0.3 is 9.64 Å². The van der Waals surface area contributed by atoms with Crippen LogP contribution >= 0.6 is 11.6 Å². The summed E-state index contributed by atoms with van der Waals surface area (Å²) in [5, 5.41) is 4.62. The minimum absolute atomic E-state index is 0.0441. The van der Waals surface area contributed by atoms with Crippen LogP contribution in [0.3, 0.4) is 0 Å². The Balaban J connectivity index is 2.31. The zero-order chi connectivity index (χ0) is 14.2. The van der Waals surface area contributed by atoms with Crippen LogP contribution in [0.15, 0.2) is 18.2 Å². The van der Waals surface area contributed by atoms with Crippen molar-refractivity contribution in [3.63, 3.8) is 0 Å². The SMILES string of the molecule is COc1cc(N2CC(S(N)(=O)=O)CC2=O)ccc1Cl. The Morgan fingerprint density at radius 1 is 1.47 bits per heavy atom. The lowest BCUT2D eigenvalue weighted by Gasteiger charge is -2.17. The molecule has 0 aromatic heterocycles. The molecule has 104 valence electrons. The number of primary sulfonamides is 1. The zero-order valence-electron chi connectivity index (χ0n) is 10.2. The molecule has 0 radical (unpaired) electrons. The van der Waals surface area contributed by atoms with E-state index in [9.17, 15) is 13.2 Å². The average Bonchev–Trinajstić information content (AvgIpc) is 2.72. The van der Waals surface area contributed by atoms with Crippen LogP contribution in [-0.4, -0.2) is 33.2 Å². The van der Waals surface area contributed by atoms with Crippen molar-refractivity contribution >= 4 is 33.2 Å². The van der Waals surface area contributed by atoms with Crippen molar-refractivity contribution in [2.45, 2.75) is 11.7 Å². The number of hydrogen-bond acceptors (Lipinski definition) is 4. The van der Waals surface area contributed by atoms with Crippen LogP contribution in [0.4, 0.5) is 5.69 Å². The molecule has 2 rings (SSSR count). The van der Waals surface area contributed by atoms with Gasteiger partial charge in [0.2, 0.25) is 15.9 Å². The highest BCUT2D eigenvalue weighted by atomic mass is 35.5. The van der Waals surface area contributed by atoms with Crippen LogP contribution in [0, 0.1) is 0 Å². The number of halogens is 1. The second-order valence-electron chi connectivity index (χ2n) is 4.24. The maximum Gasteiger partial charge on any atom is 0.228 e. The molecule has 1 saturated heterocycles. The Hall–Kier alpha value is -1.31. The van der Waals surface area contributed by atoms with E-state index in [0.717, 1.165) is 0 Å². The molecular weight excluding hydrogens is 292 g/mol. The zero-order valence-corrected chi connectivity index (χ0v) is 11.7. The topological polar surface area (TPSA) is 89.7 Å². The van der Waals surface area contributed by atoms with Gasteiger partial charge in [0.15, 0.2) is 0 Å². The van der Waals surface area contributed by atoms with Gasteiger partial charge in [-0.2, -0.15) is 0 Å². The molecule has 1 unspecified atom stereocenters. The number of carbonyl (C=O) groups excluding carboxylic acids is 1. The summed E-state index contributed by atoms with van der Waals surface area (Å²) in [5.41, 5.74) is 0.539. The first-order valence-corrected chi connectivity index (χ1v) is 7.47. The van der Waals surface area contributed by atoms with Gasteiger partial charge in [-0.3, -0.25) is 4.79 Å². The number of nitrogens with two attached hydrogens (primary N) is 1. The summed E-state index contributed by atoms with van der Waals surface area (Å²) in [6.07, 6.45) is -0.107. The molecule has 1 fully saturated rings. The van der Waals surface area contributed by atoms with Gasteiger partial charge in [-0.25, -0.2) is 13.6 Å². The summed E-state index contributed by atoms with van der Waals surface area (Å²) in [6.45, 7) is 0.0441. The third-order valence-corrected chi connectivity index (χ3v) is 4.56. The number of anilines is 1. The van der Waals surface area contributed by atoms with E-state index >= 15 is 0 Å². The minimum atomic E-state index is -3.72. The highest BCUT2D eigenvalue weighted by Gasteiger charge is 2.37. The van der Waals surface area contributed by atoms with Crippen molar-refractivity contribution in [2.75, 3.05) is 18.6 Å². The molecule has 1 aromatic carbocycles. The lowest BCUT2D eigenvalue weighted by atomic mass is 10.3. The number of sulfonamides is 1. The van der Waals surface area contributed by atoms with Gasteiger partial charge in [-0.15, -0.1) is 0 Å². The second kappa shape index (κ2) is 4.99. The number of methoxy groups -OCH3 is 1. The fourth-order valence-electron chi connectivity index (χ4n) is 1.96. The molecular formula is C11H13ClN2O4S. The second-order valence-corrected chi connectivity index (χ2v) is 6.49. The first kappa shape index (κ1) is 14.1. The van der Waals surface area contributed by atoms with Crippen LogP contribution in [-0.2, 0) is 14.8 Å². The van der Waals surface area contributed by atoms with E-state index in [1.54, 1.807) is 18.2 Å². The molecule has 1 aliphatic rings. The molecule has 2 N–H and O–H groups in total. The third-order valence-electron chi connectivity index (χ3n) is 3.00. The standard InChI is InChI=1S/C11H13ClN2O4S/c1-18-10-4-7(2-3-9(10)12)14-6-8(5-11(14)15)19(13,16)17/h2-4,8H,5-6H2,1H3,(H2,13,16,17). The lowest BCUT2D eigenvalue weighted by Crippen LogP contribution is -2.32. The highest BCUT2D eigenvalue weighted by molar-refractivity contribution is 7.89. The Kier molecular flexibility index (Phi) is 3.71. The molecule has 1 atom stereocenters. The first-order chi connectivity index (χ1) is 8.82. The van der Waals surface area contributed by atoms with Crippen LogP contribution in [0.1, 0.15) is 6.42 Å². The first-order valence-electron chi connectivity index (χ1n) is 5.48. The fraction of sp³-hybridized carbons (Fsp3) is 0.364. The molecule has 0 aliphatic carbocycles. The number of amides is 1. The number of carbonyl (C=O) groups is 1. The van der Waals surface area contributed by atoms with Crippen molar-refractivity contribution in [2.24, 2.45) is 5.14 Å². The van der Waals surface area contributed by atoms with E-state index < -0.39 is 15.3 Å². The van der Waals surface area contributed by atoms with Gasteiger partial charge in [0.1, 0.15) is 11.0 Å². The van der Waals surface area contributed by atoms with E-state index in [4.69, 9.17) is 21.5 Å². The quantitative estimate of drug-likeness (QED) is 0.892. The summed E-state index contributed by atoms with van der Waals surface area (Å²) < 4.78 is 27.6. The molecule has 1 amide bonds. The van der Waals surface area contributed by atoms with Gasteiger partial charge in [0, 0.05) is 24.7 Å². The van der Waals surface area contributed by atoms with Crippen molar-refractivity contribution in [3.05, 3.63) is 23.2 Å². The average molecular weight is 305 g/mol. The molecule has 0 saturated carbocycles. The van der Waals surface area contributed by atoms with Crippen molar-refractivity contribution < 1.29 is 17.9 Å². The van der Waals surface area contributed by atoms with Crippen LogP contribution in [0.25, 0.3) is 0 Å². The largest absolute Gasteiger partial charge is 0.495 e. The van der Waals surface area contributed by atoms with Gasteiger partial charge >= 0.3 is 0 Å². The van der Waals surface area contributed by atoms with Crippen LogP contribution < -0.4 is 14.8 Å². The van der Waals surface area contributed by atoms with E-state index in [2.05, 4.69) is 0 Å². The summed E-state index contributed by atoms with van der Waals surface area (Å²) in [7, 11) is -2.26. The third kappa shape index (κ3) is 2.83. The maximum atomic E-state index is 11.8. The van der Waals surface area contributed by atoms with Crippen molar-refractivity contribution in [3.8, 4) is 5.75 Å². The molecule has 6 nitrogen and oxygen atoms in total. The minimum Gasteiger partial charge on any atom is -0.495 e. The van der Waals surface area contributed by atoms with E-state index in [0.29, 0.717) is 16.5 Å². The predicted octanol–water partition coefficient (Wildman–Crippen LogP) is 0.742. The normalized spacial score (nSPS) is 19.8. The summed E-state index contributed by atoms with van der Waals surface area (Å²) in [4.78, 5) is 13.2. The van der Waals surface area contributed by atoms with E-state index in [1.165, 1.54) is 12.0 Å². The molecule has 8 heteroatoms. The predicted molar refractivity (Wildman–Crippen MR) is 71.9 cm³/mol. The Morgan fingerprint density at radius 2 is 2.16 bits per heavy atom. The number of ether oxygens (including phenoxy) is 1. The van der Waals surface area contributed by atoms with Gasteiger partial charge in [-0.05, 0) is 12.1 Å². The van der Waals surface area contributed by atoms with Gasteiger partial charge in [0.05, 0.1) is 12.1 Å². The van der Waals surface area contributed by atoms with E-state index in [1.807, 2.05) is 0 Å². The number of benzene rings is 1. The maximum absolute atomic E-state index is 11.8. The molecule has 19 heavy (non-hydrogen) atoms. The fourth-order valence-corrected chi connectivity index (χ4v) is 2.89. The van der Waals surface area contributed by atoms with Crippen molar-refractivity contribution in [1.29, 1.82) is 0 Å². The lowest BCUT2D eigenvalue weighted by molar-refractivity contribution is -0.117. The molecule has 0 spiro atoms. The number of hydrogen-bond donors (Lipinski definition) is 1. The number of rotatable bonds is 3. The molecule has 1 heterocycles. The smallest absolute Gasteiger partial charge is 0.228 e. The monoisotopic (exact) mass is 304 g/mol. The summed E-state index contributed by atoms with van der Waals surface area (Å²) in [6, 6.07) is 4.81. The summed E-state index contributed by atoms with van der Waals surface area (Å²) in [5.74, 6) is 0.134. The summed E-state index contributed by atoms with van der Waals surface area (Å²) >= 11 is 5.90. The molecule has 1 aliphatic heterocycles. The Labute approximate surface area is 116 Å². The van der Waals surface area contributed by atoms with E-state index in [-0.39, 0.29) is 18.9 Å². The van der Waals surface area contributed by atoms with Gasteiger partial charge in [0.25, 0.3) is 0 Å². The Morgan fingerprint density at radius 3 is 2.68 bits per heavy atom. The van der Waals surface area contributed by atoms with Crippen molar-refractivity contribution in [1.82, 2.24) is 0 Å². The molecule has 0 bridgehead atoms. The Bertz CT molecular complexity index is 617. The van der Waals surface area contributed by atoms with Crippen LogP contribution in [0.5, 0.6) is 5.75 Å². The molecule has 1 aromatic rings. The van der Waals surface area contributed by atoms with Gasteiger partial charge in [-0.1, -0.05) is 11.6 Å². The highest BCUT2D eigenvalue weighted by Crippen LogP contribution is 2.32.